The van der Waals surface area contributed by atoms with Gasteiger partial charge in [-0.05, 0) is 19.3 Å². The van der Waals surface area contributed by atoms with Crippen LogP contribution in [-0.2, 0) is 4.74 Å². The largest absolute Gasteiger partial charge is 0.393 e. The summed E-state index contributed by atoms with van der Waals surface area (Å²) >= 11 is 0. The molecule has 1 saturated heterocycles. The molecule has 1 rings (SSSR count). The zero-order valence-corrected chi connectivity index (χ0v) is 8.45. The highest BCUT2D eigenvalue weighted by atomic mass is 16.6. The maximum Gasteiger partial charge on any atom is 0.0891 e. The summed E-state index contributed by atoms with van der Waals surface area (Å²) in [5, 5.41) is 9.30. The van der Waals surface area contributed by atoms with Crippen molar-refractivity contribution in [1.82, 2.24) is 0 Å². The zero-order valence-electron chi connectivity index (χ0n) is 8.45. The lowest BCUT2D eigenvalue weighted by Gasteiger charge is -2.11. The van der Waals surface area contributed by atoms with Crippen molar-refractivity contribution >= 4 is 0 Å². The molecule has 0 aromatic heterocycles. The van der Waals surface area contributed by atoms with E-state index < -0.39 is 0 Å². The summed E-state index contributed by atoms with van der Waals surface area (Å²) in [6.07, 6.45) is 1.61. The summed E-state index contributed by atoms with van der Waals surface area (Å²) in [6, 6.07) is 0. The second-order valence-electron chi connectivity index (χ2n) is 4.37. The molecule has 0 aromatic carbocycles. The van der Waals surface area contributed by atoms with E-state index in [0.717, 1.165) is 6.42 Å². The van der Waals surface area contributed by atoms with E-state index in [1.165, 1.54) is 0 Å². The molecule has 72 valence electrons. The van der Waals surface area contributed by atoms with Gasteiger partial charge in [0.25, 0.3) is 0 Å². The van der Waals surface area contributed by atoms with Gasteiger partial charge in [0, 0.05) is 5.92 Å². The average Bonchev–Trinajstić information content (AvgIpc) is 2.64. The molecule has 1 N–H and O–H groups in total. The summed E-state index contributed by atoms with van der Waals surface area (Å²) < 4.78 is 5.49. The van der Waals surface area contributed by atoms with Crippen LogP contribution < -0.4 is 0 Å². The van der Waals surface area contributed by atoms with E-state index in [1.807, 2.05) is 6.92 Å². The SMILES string of the molecule is CC(C)CC1OC1C(C)C(C)O. The fourth-order valence-corrected chi connectivity index (χ4v) is 1.55. The monoisotopic (exact) mass is 172 g/mol. The molecule has 1 aliphatic rings. The molecule has 0 bridgehead atoms. The Morgan fingerprint density at radius 2 is 1.83 bits per heavy atom. The molecular weight excluding hydrogens is 152 g/mol. The Morgan fingerprint density at radius 3 is 2.25 bits per heavy atom. The van der Waals surface area contributed by atoms with Crippen LogP contribution >= 0.6 is 0 Å². The molecule has 4 unspecified atom stereocenters. The van der Waals surface area contributed by atoms with Gasteiger partial charge in [-0.25, -0.2) is 0 Å². The van der Waals surface area contributed by atoms with Gasteiger partial charge in [-0.1, -0.05) is 20.8 Å². The van der Waals surface area contributed by atoms with E-state index in [4.69, 9.17) is 4.74 Å². The van der Waals surface area contributed by atoms with Crippen LogP contribution in [0.5, 0.6) is 0 Å². The summed E-state index contributed by atoms with van der Waals surface area (Å²) in [4.78, 5) is 0. The van der Waals surface area contributed by atoms with Gasteiger partial charge < -0.3 is 9.84 Å². The van der Waals surface area contributed by atoms with Crippen LogP contribution in [0.15, 0.2) is 0 Å². The molecule has 1 aliphatic heterocycles. The van der Waals surface area contributed by atoms with E-state index in [2.05, 4.69) is 20.8 Å². The van der Waals surface area contributed by atoms with Gasteiger partial charge in [0.15, 0.2) is 0 Å². The smallest absolute Gasteiger partial charge is 0.0891 e. The van der Waals surface area contributed by atoms with E-state index in [1.54, 1.807) is 0 Å². The summed E-state index contributed by atoms with van der Waals surface area (Å²) in [5.74, 6) is 0.981. The summed E-state index contributed by atoms with van der Waals surface area (Å²) in [5.41, 5.74) is 0. The minimum absolute atomic E-state index is 0.243. The second kappa shape index (κ2) is 3.75. The number of hydrogen-bond donors (Lipinski definition) is 1. The first-order valence-electron chi connectivity index (χ1n) is 4.86. The van der Waals surface area contributed by atoms with Crippen molar-refractivity contribution in [3.8, 4) is 0 Å². The van der Waals surface area contributed by atoms with E-state index in [0.29, 0.717) is 18.1 Å². The van der Waals surface area contributed by atoms with Gasteiger partial charge in [0.1, 0.15) is 0 Å². The number of aliphatic hydroxyl groups is 1. The van der Waals surface area contributed by atoms with Crippen LogP contribution in [0.3, 0.4) is 0 Å². The van der Waals surface area contributed by atoms with Crippen LogP contribution in [0.1, 0.15) is 34.1 Å². The third-order valence-corrected chi connectivity index (χ3v) is 2.60. The van der Waals surface area contributed by atoms with Gasteiger partial charge in [-0.2, -0.15) is 0 Å². The van der Waals surface area contributed by atoms with Crippen molar-refractivity contribution in [2.45, 2.75) is 52.4 Å². The van der Waals surface area contributed by atoms with Crippen molar-refractivity contribution in [2.24, 2.45) is 11.8 Å². The molecule has 2 nitrogen and oxygen atoms in total. The minimum atomic E-state index is -0.243. The predicted molar refractivity (Wildman–Crippen MR) is 49.0 cm³/mol. The summed E-state index contributed by atoms with van der Waals surface area (Å²) in [6.45, 7) is 8.28. The van der Waals surface area contributed by atoms with Gasteiger partial charge >= 0.3 is 0 Å². The van der Waals surface area contributed by atoms with E-state index >= 15 is 0 Å². The number of ether oxygens (including phenoxy) is 1. The predicted octanol–water partition coefficient (Wildman–Crippen LogP) is 1.82. The zero-order chi connectivity index (χ0) is 9.30. The molecule has 0 amide bonds. The molecule has 2 heteroatoms. The first-order chi connectivity index (χ1) is 5.52. The highest BCUT2D eigenvalue weighted by Crippen LogP contribution is 2.35. The molecule has 0 radical (unpaired) electrons. The van der Waals surface area contributed by atoms with E-state index in [-0.39, 0.29) is 12.0 Å². The molecule has 1 heterocycles. The number of aliphatic hydroxyl groups excluding tert-OH is 1. The highest BCUT2D eigenvalue weighted by molar-refractivity contribution is 4.90. The quantitative estimate of drug-likeness (QED) is 0.656. The molecule has 1 fully saturated rings. The fourth-order valence-electron chi connectivity index (χ4n) is 1.55. The Labute approximate surface area is 74.9 Å². The van der Waals surface area contributed by atoms with Gasteiger partial charge in [0.05, 0.1) is 18.3 Å². The van der Waals surface area contributed by atoms with Crippen molar-refractivity contribution in [1.29, 1.82) is 0 Å². The molecule has 4 atom stereocenters. The lowest BCUT2D eigenvalue weighted by molar-refractivity contribution is 0.115. The Kier molecular flexibility index (Phi) is 3.13. The van der Waals surface area contributed by atoms with Crippen LogP contribution in [0, 0.1) is 11.8 Å². The van der Waals surface area contributed by atoms with Crippen LogP contribution in [0.2, 0.25) is 0 Å². The first kappa shape index (κ1) is 10.0. The molecular formula is C10H20O2. The van der Waals surface area contributed by atoms with Crippen LogP contribution in [-0.4, -0.2) is 23.4 Å². The molecule has 0 saturated carbocycles. The Morgan fingerprint density at radius 1 is 1.25 bits per heavy atom. The average molecular weight is 172 g/mol. The van der Waals surface area contributed by atoms with Crippen LogP contribution in [0.25, 0.3) is 0 Å². The normalized spacial score (nSPS) is 33.5. The molecule has 0 aromatic rings. The van der Waals surface area contributed by atoms with Gasteiger partial charge in [0.2, 0.25) is 0 Å². The van der Waals surface area contributed by atoms with Crippen LogP contribution in [0.4, 0.5) is 0 Å². The maximum atomic E-state index is 9.30. The fraction of sp³-hybridized carbons (Fsp3) is 1.00. The first-order valence-corrected chi connectivity index (χ1v) is 4.86. The minimum Gasteiger partial charge on any atom is -0.393 e. The summed E-state index contributed by atoms with van der Waals surface area (Å²) in [7, 11) is 0. The molecule has 0 spiro atoms. The van der Waals surface area contributed by atoms with Crippen molar-refractivity contribution in [2.75, 3.05) is 0 Å². The number of epoxide rings is 1. The van der Waals surface area contributed by atoms with E-state index in [9.17, 15) is 5.11 Å². The second-order valence-corrected chi connectivity index (χ2v) is 4.37. The molecule has 12 heavy (non-hydrogen) atoms. The lowest BCUT2D eigenvalue weighted by Crippen LogP contribution is -2.20. The number of rotatable bonds is 4. The van der Waals surface area contributed by atoms with Crippen molar-refractivity contribution in [3.63, 3.8) is 0 Å². The lowest BCUT2D eigenvalue weighted by atomic mass is 9.96. The molecule has 0 aliphatic carbocycles. The standard InChI is InChI=1S/C10H20O2/c1-6(2)5-9-10(12-9)7(3)8(4)11/h6-11H,5H2,1-4H3. The van der Waals surface area contributed by atoms with Crippen molar-refractivity contribution in [3.05, 3.63) is 0 Å². The van der Waals surface area contributed by atoms with Crippen molar-refractivity contribution < 1.29 is 9.84 Å². The Bertz CT molecular complexity index is 143. The third kappa shape index (κ3) is 2.46. The third-order valence-electron chi connectivity index (χ3n) is 2.60. The van der Waals surface area contributed by atoms with Gasteiger partial charge in [-0.15, -0.1) is 0 Å². The Balaban J connectivity index is 2.23. The maximum absolute atomic E-state index is 9.30. The Hall–Kier alpha value is -0.0800. The number of hydrogen-bond acceptors (Lipinski definition) is 2. The topological polar surface area (TPSA) is 32.8 Å². The highest BCUT2D eigenvalue weighted by Gasteiger charge is 2.44. The van der Waals surface area contributed by atoms with Gasteiger partial charge in [-0.3, -0.25) is 0 Å².